The molecule has 3 atom stereocenters. The standard InChI is InChI=1S/C32H63N2O6P/c1-3-5-7-9-11-13-15-16-18-20-22-24-26-32(36)34-30(29-40-41(37,38)39-28-27-33)31(35)25-23-21-19-17-14-12-10-8-6-4-2/h14,17,23,25,30-31,35H,3-13,15-16,18-22,24,26-29,33H2,1-2H3,(H,34,36)(H,37,38)/b17-14+,25-23+. The monoisotopic (exact) mass is 602 g/mol. The van der Waals surface area contributed by atoms with Gasteiger partial charge >= 0.3 is 7.82 Å². The molecule has 0 aromatic rings. The molecule has 0 bridgehead atoms. The molecule has 0 fully saturated rings. The number of carbonyl (C=O) groups excluding carboxylic acids is 1. The van der Waals surface area contributed by atoms with Crippen molar-refractivity contribution in [3.8, 4) is 0 Å². The number of unbranched alkanes of at least 4 members (excludes halogenated alkanes) is 16. The van der Waals surface area contributed by atoms with Gasteiger partial charge < -0.3 is 21.1 Å². The van der Waals surface area contributed by atoms with Crippen molar-refractivity contribution in [2.75, 3.05) is 19.8 Å². The molecule has 242 valence electrons. The Morgan fingerprint density at radius 2 is 1.29 bits per heavy atom. The van der Waals surface area contributed by atoms with Crippen LogP contribution in [0.4, 0.5) is 0 Å². The lowest BCUT2D eigenvalue weighted by Crippen LogP contribution is -2.45. The van der Waals surface area contributed by atoms with Crippen molar-refractivity contribution in [3.63, 3.8) is 0 Å². The topological polar surface area (TPSA) is 131 Å². The van der Waals surface area contributed by atoms with Crippen LogP contribution in [0.25, 0.3) is 0 Å². The van der Waals surface area contributed by atoms with Crippen LogP contribution in [0, 0.1) is 0 Å². The Hall–Kier alpha value is -1.02. The SMILES string of the molecule is CCCCCC/C=C/CC/C=C/C(O)C(COP(=O)(O)OCCN)NC(=O)CCCCCCCCCCCCCC. The second kappa shape index (κ2) is 29.1. The highest BCUT2D eigenvalue weighted by Crippen LogP contribution is 2.43. The maximum Gasteiger partial charge on any atom is 0.472 e. The number of hydrogen-bond donors (Lipinski definition) is 4. The van der Waals surface area contributed by atoms with Crippen molar-refractivity contribution in [2.24, 2.45) is 5.73 Å². The summed E-state index contributed by atoms with van der Waals surface area (Å²) in [7, 11) is -4.33. The third kappa shape index (κ3) is 27.6. The van der Waals surface area contributed by atoms with Gasteiger partial charge in [0.25, 0.3) is 0 Å². The van der Waals surface area contributed by atoms with Crippen LogP contribution >= 0.6 is 7.82 Å². The molecule has 0 spiro atoms. The predicted molar refractivity (Wildman–Crippen MR) is 171 cm³/mol. The molecule has 0 aliphatic rings. The van der Waals surface area contributed by atoms with Gasteiger partial charge in [0.2, 0.25) is 5.91 Å². The first kappa shape index (κ1) is 40.0. The van der Waals surface area contributed by atoms with Gasteiger partial charge in [-0.1, -0.05) is 128 Å². The van der Waals surface area contributed by atoms with E-state index in [2.05, 4.69) is 31.3 Å². The van der Waals surface area contributed by atoms with E-state index in [1.807, 2.05) is 6.08 Å². The van der Waals surface area contributed by atoms with Crippen LogP contribution in [0.15, 0.2) is 24.3 Å². The number of phosphoric ester groups is 1. The minimum atomic E-state index is -4.33. The maximum absolute atomic E-state index is 12.6. The summed E-state index contributed by atoms with van der Waals surface area (Å²) in [5, 5.41) is 13.5. The summed E-state index contributed by atoms with van der Waals surface area (Å²) in [6.45, 7) is 4.04. The van der Waals surface area contributed by atoms with Crippen LogP contribution in [0.3, 0.4) is 0 Å². The van der Waals surface area contributed by atoms with E-state index in [4.69, 9.17) is 14.8 Å². The smallest absolute Gasteiger partial charge is 0.387 e. The number of aliphatic hydroxyl groups excluding tert-OH is 1. The van der Waals surface area contributed by atoms with Gasteiger partial charge in [0, 0.05) is 13.0 Å². The molecular formula is C32H63N2O6P. The maximum atomic E-state index is 12.6. The van der Waals surface area contributed by atoms with Gasteiger partial charge in [0.15, 0.2) is 0 Å². The summed E-state index contributed by atoms with van der Waals surface area (Å²) in [5.74, 6) is -0.209. The molecule has 5 N–H and O–H groups in total. The molecule has 0 radical (unpaired) electrons. The summed E-state index contributed by atoms with van der Waals surface area (Å²) < 4.78 is 21.9. The van der Waals surface area contributed by atoms with Gasteiger partial charge in [0.1, 0.15) is 0 Å². The Kier molecular flexibility index (Phi) is 28.3. The van der Waals surface area contributed by atoms with Crippen molar-refractivity contribution >= 4 is 13.7 Å². The zero-order chi connectivity index (χ0) is 30.4. The van der Waals surface area contributed by atoms with Crippen LogP contribution in [0.1, 0.15) is 142 Å². The molecule has 0 heterocycles. The molecule has 0 rings (SSSR count). The van der Waals surface area contributed by atoms with Gasteiger partial charge in [-0.25, -0.2) is 4.57 Å². The van der Waals surface area contributed by atoms with E-state index in [0.29, 0.717) is 6.42 Å². The van der Waals surface area contributed by atoms with Crippen LogP contribution in [-0.4, -0.2) is 47.8 Å². The number of nitrogens with one attached hydrogen (secondary N) is 1. The largest absolute Gasteiger partial charge is 0.472 e. The van der Waals surface area contributed by atoms with Crippen LogP contribution in [0.5, 0.6) is 0 Å². The lowest BCUT2D eigenvalue weighted by molar-refractivity contribution is -0.123. The van der Waals surface area contributed by atoms with Gasteiger partial charge in [-0.3, -0.25) is 13.8 Å². The third-order valence-corrected chi connectivity index (χ3v) is 8.01. The number of rotatable bonds is 30. The highest BCUT2D eigenvalue weighted by Gasteiger charge is 2.26. The number of aliphatic hydroxyl groups is 1. The molecule has 0 aromatic carbocycles. The average molecular weight is 603 g/mol. The Labute approximate surface area is 251 Å². The Morgan fingerprint density at radius 1 is 0.780 bits per heavy atom. The van der Waals surface area contributed by atoms with E-state index in [0.717, 1.165) is 38.5 Å². The van der Waals surface area contributed by atoms with E-state index in [1.54, 1.807) is 6.08 Å². The second-order valence-corrected chi connectivity index (χ2v) is 12.5. The first-order valence-corrected chi connectivity index (χ1v) is 18.0. The summed E-state index contributed by atoms with van der Waals surface area (Å²) in [4.78, 5) is 22.4. The Bertz CT molecular complexity index is 704. The van der Waals surface area contributed by atoms with Crippen molar-refractivity contribution in [1.29, 1.82) is 0 Å². The zero-order valence-corrected chi connectivity index (χ0v) is 27.2. The molecule has 0 saturated carbocycles. The lowest BCUT2D eigenvalue weighted by Gasteiger charge is -2.23. The molecule has 0 aromatic heterocycles. The van der Waals surface area contributed by atoms with Gasteiger partial charge in [-0.2, -0.15) is 0 Å². The minimum Gasteiger partial charge on any atom is -0.387 e. The quantitative estimate of drug-likeness (QED) is 0.0374. The van der Waals surface area contributed by atoms with Gasteiger partial charge in [-0.05, 0) is 32.1 Å². The normalized spacial score (nSPS) is 15.0. The summed E-state index contributed by atoms with van der Waals surface area (Å²) in [6, 6.07) is -0.868. The summed E-state index contributed by atoms with van der Waals surface area (Å²) >= 11 is 0. The summed E-state index contributed by atoms with van der Waals surface area (Å²) in [5.41, 5.74) is 5.33. The second-order valence-electron chi connectivity index (χ2n) is 11.0. The molecule has 0 aliphatic carbocycles. The van der Waals surface area contributed by atoms with E-state index < -0.39 is 20.0 Å². The van der Waals surface area contributed by atoms with Gasteiger partial charge in [0.05, 0.1) is 25.4 Å². The fourth-order valence-corrected chi connectivity index (χ4v) is 5.26. The molecule has 0 saturated heterocycles. The van der Waals surface area contributed by atoms with Crippen molar-refractivity contribution in [3.05, 3.63) is 24.3 Å². The fourth-order valence-electron chi connectivity index (χ4n) is 4.50. The van der Waals surface area contributed by atoms with Crippen LogP contribution in [-0.2, 0) is 18.4 Å². The molecule has 1 amide bonds. The van der Waals surface area contributed by atoms with E-state index in [-0.39, 0.29) is 25.7 Å². The molecule has 41 heavy (non-hydrogen) atoms. The van der Waals surface area contributed by atoms with E-state index in [9.17, 15) is 19.4 Å². The number of allylic oxidation sites excluding steroid dienone is 3. The number of phosphoric acid groups is 1. The van der Waals surface area contributed by atoms with Crippen molar-refractivity contribution < 1.29 is 28.4 Å². The van der Waals surface area contributed by atoms with Crippen LogP contribution in [0.2, 0.25) is 0 Å². The first-order valence-electron chi connectivity index (χ1n) is 16.5. The fraction of sp³-hybridized carbons (Fsp3) is 0.844. The third-order valence-electron chi connectivity index (χ3n) is 7.03. The zero-order valence-electron chi connectivity index (χ0n) is 26.3. The highest BCUT2D eigenvalue weighted by molar-refractivity contribution is 7.47. The highest BCUT2D eigenvalue weighted by atomic mass is 31.2. The Morgan fingerprint density at radius 3 is 1.88 bits per heavy atom. The number of nitrogens with two attached hydrogens (primary N) is 1. The number of carbonyl (C=O) groups is 1. The molecule has 8 nitrogen and oxygen atoms in total. The van der Waals surface area contributed by atoms with Gasteiger partial charge in [-0.15, -0.1) is 0 Å². The van der Waals surface area contributed by atoms with Crippen molar-refractivity contribution in [2.45, 2.75) is 154 Å². The molecule has 0 aliphatic heterocycles. The summed E-state index contributed by atoms with van der Waals surface area (Å²) in [6.07, 6.45) is 29.4. The molecule has 9 heteroatoms. The first-order chi connectivity index (χ1) is 19.9. The number of hydrogen-bond acceptors (Lipinski definition) is 6. The molecular weight excluding hydrogens is 539 g/mol. The molecule has 3 unspecified atom stereocenters. The minimum absolute atomic E-state index is 0.0751. The van der Waals surface area contributed by atoms with E-state index in [1.165, 1.54) is 83.5 Å². The van der Waals surface area contributed by atoms with E-state index >= 15 is 0 Å². The van der Waals surface area contributed by atoms with Crippen molar-refractivity contribution in [1.82, 2.24) is 5.32 Å². The number of amides is 1. The lowest BCUT2D eigenvalue weighted by atomic mass is 10.0. The Balaban J connectivity index is 4.44. The predicted octanol–water partition coefficient (Wildman–Crippen LogP) is 7.88. The average Bonchev–Trinajstić information content (AvgIpc) is 2.95. The van der Waals surface area contributed by atoms with Crippen LogP contribution < -0.4 is 11.1 Å².